The molecule has 0 aliphatic carbocycles. The molecule has 3 aromatic carbocycles. The minimum Gasteiger partial charge on any atom is -0.493 e. The van der Waals surface area contributed by atoms with Gasteiger partial charge in [-0.25, -0.2) is 53.8 Å². The molecule has 6 aromatic heterocycles. The maximum atomic E-state index is 13.7. The van der Waals surface area contributed by atoms with Crippen LogP contribution in [0.5, 0.6) is 17.2 Å². The van der Waals surface area contributed by atoms with Crippen LogP contribution >= 0.6 is 0 Å². The smallest absolute Gasteiger partial charge is 0.277 e. The lowest BCUT2D eigenvalue weighted by Gasteiger charge is -2.35. The van der Waals surface area contributed by atoms with E-state index in [0.717, 1.165) is 58.7 Å². The average molecular weight is 1670 g/mol. The Morgan fingerprint density at radius 1 is 0.448 bits per heavy atom. The molecule has 13 rings (SSSR count). The molecule has 0 saturated carbocycles. The Balaban J connectivity index is 0.000000171. The van der Waals surface area contributed by atoms with Gasteiger partial charge in [-0.05, 0) is 129 Å². The Kier molecular flexibility index (Phi) is 28.9. The quantitative estimate of drug-likeness (QED) is 0.0630. The van der Waals surface area contributed by atoms with Crippen LogP contribution in [-0.4, -0.2) is 317 Å². The number of sulfonamides is 3. The number of imidazole rings is 3. The maximum Gasteiger partial charge on any atom is 0.277 e. The average Bonchev–Trinajstić information content (AvgIpc) is 1.71. The largest absolute Gasteiger partial charge is 0.493 e. The highest BCUT2D eigenvalue weighted by Gasteiger charge is 2.35. The standard InChI is InChI=1S/C27H39N7O5S.2C25H35N7O5S/c1-4-6-24-28-20(3)25-27(35)29-26(30-34(24)25)22-19-21(7-8-23(22)39-5-2)40(36,37)33-13-11-31(12-14-33)9-10-32-15-17-38-18-16-32;1-6-8-21-26-17(3)23-25(34)27-24(28-32(21)23)19-15-18(9-10-20(19)37-7-2)38(35,36)31-13-11-30(12-14-31)16-22(33)29(4)5;1-6-8-21-26-17(3)23-25(34)27-24(28-32(21)23)19-15-18(9-10-20(19)37-7-2)38(35,36)31-13-11-30(12-14-31)22(33)16-29(4)5/h7-8,19H,4-6,9-18H2,1-3H3,(H,29,30,35);2*9-10,15H,6-8,11-14,16H2,1-5H3,(H,27,28,34). The molecule has 4 saturated heterocycles. The monoisotopic (exact) mass is 1660 g/mol. The summed E-state index contributed by atoms with van der Waals surface area (Å²) in [5.41, 5.74) is 2.98. The minimum atomic E-state index is -3.87. The van der Waals surface area contributed by atoms with Gasteiger partial charge in [0.25, 0.3) is 16.7 Å². The van der Waals surface area contributed by atoms with Crippen molar-refractivity contribution in [2.75, 3.05) is 179 Å². The predicted octanol–water partition coefficient (Wildman–Crippen LogP) is 3.66. The first-order valence-electron chi connectivity index (χ1n) is 39.6. The fourth-order valence-electron chi connectivity index (χ4n) is 14.4. The Morgan fingerprint density at radius 2 is 0.767 bits per heavy atom. The molecule has 4 fully saturated rings. The second-order valence-electron chi connectivity index (χ2n) is 29.2. The molecule has 9 aromatic rings. The second-order valence-corrected chi connectivity index (χ2v) is 35.1. The molecule has 4 aliphatic rings. The number of nitrogens with zero attached hydrogens (tertiary/aromatic N) is 18. The van der Waals surface area contributed by atoms with E-state index < -0.39 is 30.1 Å². The molecule has 2 amide bonds. The number of H-pyrrole nitrogens is 3. The van der Waals surface area contributed by atoms with Crippen LogP contribution in [0.1, 0.15) is 95.4 Å². The van der Waals surface area contributed by atoms with Gasteiger partial charge in [-0.1, -0.05) is 20.8 Å². The molecule has 3 N–H and O–H groups in total. The van der Waals surface area contributed by atoms with Crippen molar-refractivity contribution >= 4 is 58.4 Å². The van der Waals surface area contributed by atoms with E-state index >= 15 is 0 Å². The number of carbonyl (C=O) groups excluding carboxylic acids is 2. The summed E-state index contributed by atoms with van der Waals surface area (Å²) in [6.45, 7) is 28.5. The molecule has 0 spiro atoms. The first-order valence-corrected chi connectivity index (χ1v) is 43.9. The second kappa shape index (κ2) is 38.3. The molecule has 0 unspecified atom stereocenters. The number of hydrogen-bond donors (Lipinski definition) is 3. The highest BCUT2D eigenvalue weighted by molar-refractivity contribution is 7.89. The Labute approximate surface area is 675 Å². The number of nitrogens with one attached hydrogen (secondary N) is 3. The summed E-state index contributed by atoms with van der Waals surface area (Å²) in [5.74, 6) is 3.86. The third kappa shape index (κ3) is 19.7. The Bertz CT molecular complexity index is 5540. The molecule has 10 heterocycles. The van der Waals surface area contributed by atoms with Gasteiger partial charge in [0, 0.05) is 138 Å². The van der Waals surface area contributed by atoms with Gasteiger partial charge in [0.05, 0.1) is 94.6 Å². The van der Waals surface area contributed by atoms with Crippen LogP contribution in [0, 0.1) is 20.8 Å². The Morgan fingerprint density at radius 3 is 1.08 bits per heavy atom. The first-order chi connectivity index (χ1) is 55.4. The zero-order valence-electron chi connectivity index (χ0n) is 68.6. The lowest BCUT2D eigenvalue weighted by atomic mass is 10.2. The van der Waals surface area contributed by atoms with Crippen LogP contribution in [0.4, 0.5) is 0 Å². The lowest BCUT2D eigenvalue weighted by molar-refractivity contribution is -0.133. The molecule has 36 nitrogen and oxygen atoms in total. The number of likely N-dealkylation sites (N-methyl/N-ethyl adjacent to an activating group) is 2. The van der Waals surface area contributed by atoms with Crippen molar-refractivity contribution in [2.45, 2.75) is 116 Å². The van der Waals surface area contributed by atoms with Crippen molar-refractivity contribution < 1.29 is 53.8 Å². The number of fused-ring (bicyclic) bond motifs is 3. The summed E-state index contributed by atoms with van der Waals surface area (Å²) in [6, 6.07) is 13.9. The van der Waals surface area contributed by atoms with E-state index in [4.69, 9.17) is 18.9 Å². The molecule has 630 valence electrons. The number of aromatic amines is 3. The summed E-state index contributed by atoms with van der Waals surface area (Å²) in [4.78, 5) is 97.4. The fraction of sp³-hybridized carbons (Fsp3) is 0.545. The van der Waals surface area contributed by atoms with Crippen molar-refractivity contribution in [3.8, 4) is 51.4 Å². The van der Waals surface area contributed by atoms with E-state index in [1.165, 1.54) is 51.1 Å². The number of piperazine rings is 3. The number of morpholine rings is 1. The summed E-state index contributed by atoms with van der Waals surface area (Å²) >= 11 is 0. The topological polar surface area (TPSA) is 392 Å². The summed E-state index contributed by atoms with van der Waals surface area (Å²) in [5, 5.41) is 14.0. The molecule has 0 atom stereocenters. The van der Waals surface area contributed by atoms with E-state index in [1.54, 1.807) is 79.5 Å². The summed E-state index contributed by atoms with van der Waals surface area (Å²) in [7, 11) is -4.44. The van der Waals surface area contributed by atoms with Gasteiger partial charge in [-0.3, -0.25) is 38.7 Å². The van der Waals surface area contributed by atoms with Gasteiger partial charge in [0.15, 0.2) is 34.0 Å². The summed E-state index contributed by atoms with van der Waals surface area (Å²) < 4.78 is 114. The number of amides is 2. The van der Waals surface area contributed by atoms with Crippen LogP contribution in [-0.2, 0) is 63.7 Å². The fourth-order valence-corrected chi connectivity index (χ4v) is 18.7. The number of rotatable bonds is 28. The van der Waals surface area contributed by atoms with Gasteiger partial charge >= 0.3 is 0 Å². The third-order valence-electron chi connectivity index (χ3n) is 20.5. The van der Waals surface area contributed by atoms with Crippen molar-refractivity contribution in [1.82, 2.24) is 101 Å². The van der Waals surface area contributed by atoms with E-state index in [2.05, 4.69) is 55.0 Å². The van der Waals surface area contributed by atoms with Gasteiger partial charge in [0.2, 0.25) is 41.9 Å². The molecular weight excluding hydrogens is 1560 g/mol. The van der Waals surface area contributed by atoms with E-state index in [-0.39, 0.29) is 99.9 Å². The maximum absolute atomic E-state index is 13.7. The third-order valence-corrected chi connectivity index (χ3v) is 26.2. The first kappa shape index (κ1) is 87.4. The van der Waals surface area contributed by atoms with Crippen molar-refractivity contribution in [3.63, 3.8) is 0 Å². The van der Waals surface area contributed by atoms with E-state index in [0.29, 0.717) is 176 Å². The normalized spacial score (nSPS) is 16.1. The van der Waals surface area contributed by atoms with Crippen LogP contribution in [0.2, 0.25) is 0 Å². The van der Waals surface area contributed by atoms with Gasteiger partial charge in [-0.15, -0.1) is 15.3 Å². The number of ether oxygens (including phenoxy) is 4. The highest BCUT2D eigenvalue weighted by atomic mass is 32.2. The molecule has 0 bridgehead atoms. The van der Waals surface area contributed by atoms with Crippen LogP contribution in [0.3, 0.4) is 0 Å². The molecular formula is C77H109N21O15S3. The van der Waals surface area contributed by atoms with Gasteiger partial charge < -0.3 is 48.6 Å². The van der Waals surface area contributed by atoms with Crippen LogP contribution < -0.4 is 30.9 Å². The minimum absolute atomic E-state index is 0.0221. The number of benzene rings is 3. The van der Waals surface area contributed by atoms with Gasteiger partial charge in [0.1, 0.15) is 34.7 Å². The van der Waals surface area contributed by atoms with Crippen molar-refractivity contribution in [2.24, 2.45) is 0 Å². The zero-order chi connectivity index (χ0) is 83.5. The molecule has 4 aliphatic heterocycles. The summed E-state index contributed by atoms with van der Waals surface area (Å²) in [6.07, 6.45) is 4.45. The number of aryl methyl sites for hydroxylation is 6. The number of hydrogen-bond acceptors (Lipinski definition) is 25. The SMILES string of the molecule is CCCc1nc(C)c2c(=O)[nH]c(-c3cc(S(=O)(=O)N4CCN(C(=O)CN(C)C)CC4)ccc3OCC)nn12.CCCc1nc(C)c2c(=O)[nH]c(-c3cc(S(=O)(=O)N4CCN(CC(=O)N(C)C)CC4)ccc3OCC)nn12.CCCc1nc(C)c2c(=O)[nH]c(-c3cc(S(=O)(=O)N4CCN(CCN5CCOCC5)CC4)ccc3OCC)nn12. The lowest BCUT2D eigenvalue weighted by Crippen LogP contribution is -2.52. The van der Waals surface area contributed by atoms with E-state index in [1.807, 2.05) is 60.5 Å². The van der Waals surface area contributed by atoms with Crippen LogP contribution in [0.25, 0.3) is 50.7 Å². The molecule has 116 heavy (non-hydrogen) atoms. The van der Waals surface area contributed by atoms with Crippen LogP contribution in [0.15, 0.2) is 83.7 Å². The zero-order valence-corrected chi connectivity index (χ0v) is 71.1. The molecule has 39 heteroatoms. The number of carbonyl (C=O) groups is 2. The van der Waals surface area contributed by atoms with E-state index in [9.17, 15) is 49.2 Å². The number of aromatic nitrogens is 12. The highest BCUT2D eigenvalue weighted by Crippen LogP contribution is 2.36. The van der Waals surface area contributed by atoms with Crippen molar-refractivity contribution in [1.29, 1.82) is 0 Å². The van der Waals surface area contributed by atoms with Crippen molar-refractivity contribution in [3.05, 3.63) is 120 Å². The molecule has 0 radical (unpaired) electrons. The Hall–Kier alpha value is -9.42. The van der Waals surface area contributed by atoms with Gasteiger partial charge in [-0.2, -0.15) is 12.9 Å². The predicted molar refractivity (Wildman–Crippen MR) is 437 cm³/mol.